The summed E-state index contributed by atoms with van der Waals surface area (Å²) < 4.78 is 12.9. The predicted molar refractivity (Wildman–Crippen MR) is 160 cm³/mol. The van der Waals surface area contributed by atoms with Crippen LogP contribution in [0.5, 0.6) is 5.75 Å². The summed E-state index contributed by atoms with van der Waals surface area (Å²) in [5, 5.41) is 9.44. The van der Waals surface area contributed by atoms with Gasteiger partial charge in [0.2, 0.25) is 0 Å². The molecule has 0 saturated carbocycles. The zero-order valence-electron chi connectivity index (χ0n) is 24.6. The Morgan fingerprint density at radius 3 is 2.32 bits per heavy atom. The molecule has 1 atom stereocenters. The number of aromatic nitrogens is 3. The lowest BCUT2D eigenvalue weighted by atomic mass is 9.99. The van der Waals surface area contributed by atoms with Crippen molar-refractivity contribution in [2.75, 3.05) is 7.11 Å². The fourth-order valence-corrected chi connectivity index (χ4v) is 5.13. The van der Waals surface area contributed by atoms with Crippen LogP contribution >= 0.6 is 11.6 Å². The van der Waals surface area contributed by atoms with Gasteiger partial charge in [0.1, 0.15) is 29.0 Å². The highest BCUT2D eigenvalue weighted by Crippen LogP contribution is 2.35. The van der Waals surface area contributed by atoms with Crippen LogP contribution in [-0.2, 0) is 14.3 Å². The van der Waals surface area contributed by atoms with E-state index < -0.39 is 11.6 Å². The van der Waals surface area contributed by atoms with Gasteiger partial charge in [-0.15, -0.1) is 10.2 Å². The molecule has 0 aliphatic carbocycles. The molecule has 1 aromatic heterocycles. The van der Waals surface area contributed by atoms with Gasteiger partial charge >= 0.3 is 5.97 Å². The van der Waals surface area contributed by atoms with E-state index in [-0.39, 0.29) is 18.2 Å². The lowest BCUT2D eigenvalue weighted by Crippen LogP contribution is -2.23. The van der Waals surface area contributed by atoms with Crippen LogP contribution in [-0.4, -0.2) is 44.9 Å². The summed E-state index contributed by atoms with van der Waals surface area (Å²) in [6.07, 6.45) is 5.59. The Hall–Kier alpha value is -3.52. The number of unbranched alkanes of at least 4 members (excludes halogenated alkanes) is 4. The second kappa shape index (κ2) is 13.4. The Morgan fingerprint density at radius 1 is 0.951 bits per heavy atom. The van der Waals surface area contributed by atoms with Gasteiger partial charge in [-0.05, 0) is 70.9 Å². The number of methoxy groups -OCH3 is 1. The summed E-state index contributed by atoms with van der Waals surface area (Å²) in [6.45, 7) is 7.53. The molecule has 41 heavy (non-hydrogen) atoms. The first-order chi connectivity index (χ1) is 19.6. The fourth-order valence-electron chi connectivity index (χ4n) is 5.01. The van der Waals surface area contributed by atoms with Crippen molar-refractivity contribution in [3.05, 3.63) is 70.3 Å². The topological polar surface area (TPSA) is 95.7 Å². The molecule has 1 aliphatic heterocycles. The number of hydrogen-bond donors (Lipinski definition) is 0. The van der Waals surface area contributed by atoms with E-state index in [1.54, 1.807) is 7.11 Å². The first-order valence-corrected chi connectivity index (χ1v) is 14.6. The molecule has 0 spiro atoms. The molecule has 1 aliphatic rings. The molecule has 0 N–H and O–H groups in total. The van der Waals surface area contributed by atoms with Crippen LogP contribution in [0.25, 0.3) is 5.69 Å². The maximum Gasteiger partial charge on any atom is 0.306 e. The Kier molecular flexibility index (Phi) is 9.97. The molecule has 0 fully saturated rings. The minimum atomic E-state index is -0.485. The van der Waals surface area contributed by atoms with E-state index in [9.17, 15) is 9.59 Å². The number of ketones is 1. The van der Waals surface area contributed by atoms with Gasteiger partial charge in [0.15, 0.2) is 5.82 Å². The third kappa shape index (κ3) is 8.03. The van der Waals surface area contributed by atoms with Crippen molar-refractivity contribution in [1.29, 1.82) is 0 Å². The number of carbonyl (C=O) groups is 2. The average molecular weight is 579 g/mol. The molecule has 0 unspecified atom stereocenters. The van der Waals surface area contributed by atoms with Crippen LogP contribution < -0.4 is 4.74 Å². The number of carbonyl (C=O) groups excluding carboxylic acids is 2. The van der Waals surface area contributed by atoms with Crippen LogP contribution in [0.2, 0.25) is 5.02 Å². The van der Waals surface area contributed by atoms with Gasteiger partial charge in [-0.2, -0.15) is 0 Å². The van der Waals surface area contributed by atoms with Gasteiger partial charge in [-0.25, -0.2) is 0 Å². The number of esters is 1. The van der Waals surface area contributed by atoms with Crippen LogP contribution in [0.4, 0.5) is 0 Å². The highest BCUT2D eigenvalue weighted by Gasteiger charge is 2.30. The molecule has 2 heterocycles. The third-order valence-corrected chi connectivity index (χ3v) is 7.18. The van der Waals surface area contributed by atoms with Crippen LogP contribution in [0, 0.1) is 6.92 Å². The second-order valence-corrected chi connectivity index (χ2v) is 11.9. The quantitative estimate of drug-likeness (QED) is 0.167. The highest BCUT2D eigenvalue weighted by molar-refractivity contribution is 6.30. The van der Waals surface area contributed by atoms with Crippen molar-refractivity contribution in [2.24, 2.45) is 4.99 Å². The largest absolute Gasteiger partial charge is 0.497 e. The number of aliphatic imine (C=N–C) groups is 1. The first-order valence-electron chi connectivity index (χ1n) is 14.2. The number of fused-ring (bicyclic) bond motifs is 3. The lowest BCUT2D eigenvalue weighted by Gasteiger charge is -2.19. The number of benzene rings is 2. The van der Waals surface area contributed by atoms with E-state index in [0.717, 1.165) is 60.5 Å². The highest BCUT2D eigenvalue weighted by atomic mass is 35.5. The van der Waals surface area contributed by atoms with Gasteiger partial charge in [-0.1, -0.05) is 43.0 Å². The zero-order valence-corrected chi connectivity index (χ0v) is 25.3. The summed E-state index contributed by atoms with van der Waals surface area (Å²) in [4.78, 5) is 30.2. The van der Waals surface area contributed by atoms with Crippen molar-refractivity contribution in [2.45, 2.75) is 90.7 Å². The molecule has 0 amide bonds. The maximum absolute atomic E-state index is 13.2. The zero-order chi connectivity index (χ0) is 29.6. The third-order valence-electron chi connectivity index (χ3n) is 6.93. The normalized spacial score (nSPS) is 14.5. The molecule has 0 saturated heterocycles. The van der Waals surface area contributed by atoms with E-state index in [0.29, 0.717) is 29.4 Å². The molecule has 8 nitrogen and oxygen atoms in total. The van der Waals surface area contributed by atoms with Crippen molar-refractivity contribution in [1.82, 2.24) is 14.8 Å². The van der Waals surface area contributed by atoms with Crippen molar-refractivity contribution < 1.29 is 19.1 Å². The van der Waals surface area contributed by atoms with Gasteiger partial charge in [0.05, 0.1) is 18.5 Å². The molecule has 2 aromatic carbocycles. The predicted octanol–water partition coefficient (Wildman–Crippen LogP) is 7.16. The van der Waals surface area contributed by atoms with Crippen molar-refractivity contribution in [3.63, 3.8) is 0 Å². The number of rotatable bonds is 12. The lowest BCUT2D eigenvalue weighted by molar-refractivity contribution is -0.154. The standard InChI is InChI=1S/C32H39ClN4O4/c1-21-35-36-31-27(19-24(38)11-9-7-6-8-10-12-29(39)41-32(2,3)4)34-30(22-13-15-23(33)16-14-22)26-20-25(40-5)17-18-28(26)37(21)31/h13-18,20,27H,6-12,19H2,1-5H3/t27-/m0/s1. The average Bonchev–Trinajstić information content (AvgIpc) is 3.24. The number of nitrogens with zero attached hydrogens (tertiary/aromatic N) is 4. The number of aryl methyl sites for hydroxylation is 1. The number of halogens is 1. The van der Waals surface area contributed by atoms with Crippen molar-refractivity contribution in [3.8, 4) is 11.4 Å². The van der Waals surface area contributed by atoms with Gasteiger partial charge in [0.25, 0.3) is 0 Å². The Labute approximate surface area is 247 Å². The van der Waals surface area contributed by atoms with E-state index in [4.69, 9.17) is 26.1 Å². The molecule has 4 rings (SSSR count). The van der Waals surface area contributed by atoms with Gasteiger partial charge < -0.3 is 9.47 Å². The van der Waals surface area contributed by atoms with Crippen LogP contribution in [0.15, 0.2) is 47.5 Å². The van der Waals surface area contributed by atoms with Crippen LogP contribution in [0.1, 0.15) is 101 Å². The maximum atomic E-state index is 13.2. The molecule has 0 bridgehead atoms. The summed E-state index contributed by atoms with van der Waals surface area (Å²) >= 11 is 6.18. The number of Topliss-reactive ketones (excluding diaryl/α,β-unsaturated/α-hetero) is 1. The number of hydrogen-bond acceptors (Lipinski definition) is 7. The molecule has 0 radical (unpaired) electrons. The van der Waals surface area contributed by atoms with Gasteiger partial charge in [-0.3, -0.25) is 19.1 Å². The number of ether oxygens (including phenoxy) is 2. The van der Waals surface area contributed by atoms with E-state index >= 15 is 0 Å². The second-order valence-electron chi connectivity index (χ2n) is 11.4. The Balaban J connectivity index is 1.45. The fraction of sp³-hybridized carbons (Fsp3) is 0.469. The molecular weight excluding hydrogens is 540 g/mol. The smallest absolute Gasteiger partial charge is 0.306 e. The minimum absolute atomic E-state index is 0.138. The summed E-state index contributed by atoms with van der Waals surface area (Å²) in [6, 6.07) is 12.9. The summed E-state index contributed by atoms with van der Waals surface area (Å²) in [5.41, 5.74) is 2.96. The minimum Gasteiger partial charge on any atom is -0.497 e. The monoisotopic (exact) mass is 578 g/mol. The Morgan fingerprint density at radius 2 is 1.63 bits per heavy atom. The molecule has 3 aromatic rings. The summed E-state index contributed by atoms with van der Waals surface area (Å²) in [5.74, 6) is 2.06. The van der Waals surface area contributed by atoms with E-state index in [1.165, 1.54) is 0 Å². The Bertz CT molecular complexity index is 1410. The van der Waals surface area contributed by atoms with Crippen molar-refractivity contribution >= 4 is 29.1 Å². The van der Waals surface area contributed by atoms with E-state index in [2.05, 4.69) is 10.2 Å². The molecular formula is C32H39ClN4O4. The summed E-state index contributed by atoms with van der Waals surface area (Å²) in [7, 11) is 1.63. The molecule has 9 heteroatoms. The van der Waals surface area contributed by atoms with Gasteiger partial charge in [0, 0.05) is 35.4 Å². The first kappa shape index (κ1) is 30.4. The SMILES string of the molecule is COc1ccc2c(c1)C(c1ccc(Cl)cc1)=N[C@@H](CC(=O)CCCCCCCC(=O)OC(C)(C)C)c1nnc(C)n1-2. The van der Waals surface area contributed by atoms with E-state index in [1.807, 2.05) is 74.7 Å². The van der Waals surface area contributed by atoms with Crippen LogP contribution in [0.3, 0.4) is 0 Å². The molecule has 218 valence electrons.